The first-order chi connectivity index (χ1) is 7.58. The first-order valence-corrected chi connectivity index (χ1v) is 5.26. The Kier molecular flexibility index (Phi) is 2.79. The highest BCUT2D eigenvalue weighted by atomic mass is 35.5. The maximum atomic E-state index is 11.7. The van der Waals surface area contributed by atoms with Crippen LogP contribution in [0.5, 0.6) is 0 Å². The van der Waals surface area contributed by atoms with Crippen LogP contribution < -0.4 is 0 Å². The predicted molar refractivity (Wildman–Crippen MR) is 65.3 cm³/mol. The summed E-state index contributed by atoms with van der Waals surface area (Å²) in [5.74, 6) is 0.621. The minimum Gasteiger partial charge on any atom is -0.298 e. The molecule has 16 heavy (non-hydrogen) atoms. The zero-order valence-electron chi connectivity index (χ0n) is 9.07. The van der Waals surface area contributed by atoms with Crippen LogP contribution in [0.4, 0.5) is 0 Å². The molecule has 1 aromatic rings. The molecule has 0 aliphatic carbocycles. The van der Waals surface area contributed by atoms with Gasteiger partial charge in [0.2, 0.25) is 0 Å². The van der Waals surface area contributed by atoms with Crippen molar-refractivity contribution in [2.45, 2.75) is 6.92 Å². The van der Waals surface area contributed by atoms with E-state index in [0.717, 1.165) is 5.56 Å². The Hall–Kier alpha value is -1.61. The standard InChI is InChI=1S/C12H11ClN2O/c1-8-14-11(12(16)15(8)2)7-9-4-3-5-10(13)6-9/h3-7H,1-2H3/b11-7+. The van der Waals surface area contributed by atoms with Crippen LogP contribution in [0.2, 0.25) is 5.02 Å². The SMILES string of the molecule is CC1=N/C(=C/c2cccc(Cl)c2)C(=O)N1C. The lowest BCUT2D eigenvalue weighted by Crippen LogP contribution is -2.25. The highest BCUT2D eigenvalue weighted by Gasteiger charge is 2.23. The predicted octanol–water partition coefficient (Wildman–Crippen LogP) is 2.57. The lowest BCUT2D eigenvalue weighted by atomic mass is 10.2. The summed E-state index contributed by atoms with van der Waals surface area (Å²) in [6.07, 6.45) is 1.74. The molecule has 1 aliphatic rings. The number of likely N-dealkylation sites (N-methyl/N-ethyl adjacent to an activating group) is 1. The molecule has 0 spiro atoms. The number of halogens is 1. The van der Waals surface area contributed by atoms with Gasteiger partial charge in [-0.15, -0.1) is 0 Å². The third-order valence-electron chi connectivity index (χ3n) is 2.44. The van der Waals surface area contributed by atoms with E-state index in [2.05, 4.69) is 4.99 Å². The molecule has 2 rings (SSSR count). The third-order valence-corrected chi connectivity index (χ3v) is 2.68. The number of carbonyl (C=O) groups excluding carboxylic acids is 1. The molecule has 0 unspecified atom stereocenters. The molecule has 1 amide bonds. The van der Waals surface area contributed by atoms with Gasteiger partial charge in [0.15, 0.2) is 0 Å². The first-order valence-electron chi connectivity index (χ1n) is 4.88. The molecule has 0 radical (unpaired) electrons. The van der Waals surface area contributed by atoms with Crippen LogP contribution >= 0.6 is 11.6 Å². The summed E-state index contributed by atoms with van der Waals surface area (Å²) in [7, 11) is 1.71. The molecule has 3 nitrogen and oxygen atoms in total. The molecule has 1 aliphatic heterocycles. The fourth-order valence-electron chi connectivity index (χ4n) is 1.46. The molecule has 0 aromatic heterocycles. The first kappa shape index (κ1) is 10.9. The van der Waals surface area contributed by atoms with E-state index in [4.69, 9.17) is 11.6 Å². The van der Waals surface area contributed by atoms with Crippen molar-refractivity contribution in [3.05, 3.63) is 40.5 Å². The van der Waals surface area contributed by atoms with Crippen LogP contribution in [0.25, 0.3) is 6.08 Å². The van der Waals surface area contributed by atoms with E-state index in [1.165, 1.54) is 4.90 Å². The number of hydrogen-bond acceptors (Lipinski definition) is 2. The van der Waals surface area contributed by atoms with Crippen LogP contribution in [0.15, 0.2) is 35.0 Å². The summed E-state index contributed by atoms with van der Waals surface area (Å²) in [6, 6.07) is 7.31. The van der Waals surface area contributed by atoms with Crippen molar-refractivity contribution in [3.63, 3.8) is 0 Å². The van der Waals surface area contributed by atoms with Crippen molar-refractivity contribution in [2.75, 3.05) is 7.05 Å². The van der Waals surface area contributed by atoms with Gasteiger partial charge in [0, 0.05) is 12.1 Å². The Bertz CT molecular complexity index is 505. The summed E-state index contributed by atoms with van der Waals surface area (Å²) in [5.41, 5.74) is 1.32. The molecule has 0 bridgehead atoms. The lowest BCUT2D eigenvalue weighted by Gasteiger charge is -2.05. The van der Waals surface area contributed by atoms with E-state index in [9.17, 15) is 4.79 Å². The number of amides is 1. The van der Waals surface area contributed by atoms with Crippen molar-refractivity contribution in [1.82, 2.24) is 4.90 Å². The van der Waals surface area contributed by atoms with E-state index in [1.54, 1.807) is 32.2 Å². The maximum absolute atomic E-state index is 11.7. The van der Waals surface area contributed by atoms with E-state index >= 15 is 0 Å². The second kappa shape index (κ2) is 4.10. The number of amidine groups is 1. The zero-order valence-corrected chi connectivity index (χ0v) is 9.82. The second-order valence-electron chi connectivity index (χ2n) is 3.61. The Morgan fingerprint density at radius 2 is 2.19 bits per heavy atom. The van der Waals surface area contributed by atoms with Crippen LogP contribution in [-0.4, -0.2) is 23.7 Å². The molecular formula is C12H11ClN2O. The van der Waals surface area contributed by atoms with Crippen LogP contribution in [0.3, 0.4) is 0 Å². The van der Waals surface area contributed by atoms with Crippen LogP contribution in [-0.2, 0) is 4.79 Å². The average molecular weight is 235 g/mol. The second-order valence-corrected chi connectivity index (χ2v) is 4.04. The van der Waals surface area contributed by atoms with Gasteiger partial charge < -0.3 is 0 Å². The van der Waals surface area contributed by atoms with Crippen LogP contribution in [0.1, 0.15) is 12.5 Å². The monoisotopic (exact) mass is 234 g/mol. The van der Waals surface area contributed by atoms with Gasteiger partial charge in [-0.05, 0) is 30.7 Å². The van der Waals surface area contributed by atoms with Crippen molar-refractivity contribution >= 4 is 29.4 Å². The summed E-state index contributed by atoms with van der Waals surface area (Å²) in [4.78, 5) is 17.4. The Morgan fingerprint density at radius 1 is 1.44 bits per heavy atom. The summed E-state index contributed by atoms with van der Waals surface area (Å²) < 4.78 is 0. The van der Waals surface area contributed by atoms with Gasteiger partial charge in [-0.2, -0.15) is 0 Å². The van der Waals surface area contributed by atoms with Gasteiger partial charge in [-0.3, -0.25) is 9.69 Å². The Balaban J connectivity index is 2.36. The lowest BCUT2D eigenvalue weighted by molar-refractivity contribution is -0.121. The van der Waals surface area contributed by atoms with Gasteiger partial charge >= 0.3 is 0 Å². The molecule has 0 N–H and O–H groups in total. The number of hydrogen-bond donors (Lipinski definition) is 0. The molecule has 0 saturated heterocycles. The molecule has 0 atom stereocenters. The maximum Gasteiger partial charge on any atom is 0.277 e. The number of nitrogens with zero attached hydrogens (tertiary/aromatic N) is 2. The molecule has 1 aromatic carbocycles. The Morgan fingerprint density at radius 3 is 2.75 bits per heavy atom. The third kappa shape index (κ3) is 1.99. The molecular weight excluding hydrogens is 224 g/mol. The van der Waals surface area contributed by atoms with Crippen molar-refractivity contribution in [1.29, 1.82) is 0 Å². The number of benzene rings is 1. The highest BCUT2D eigenvalue weighted by Crippen LogP contribution is 2.18. The zero-order chi connectivity index (χ0) is 11.7. The van der Waals surface area contributed by atoms with Gasteiger partial charge in [-0.1, -0.05) is 23.7 Å². The number of carbonyl (C=O) groups is 1. The van der Waals surface area contributed by atoms with Crippen molar-refractivity contribution in [3.8, 4) is 0 Å². The molecule has 0 fully saturated rings. The summed E-state index contributed by atoms with van der Waals surface area (Å²) in [6.45, 7) is 1.80. The minimum absolute atomic E-state index is 0.0857. The van der Waals surface area contributed by atoms with E-state index < -0.39 is 0 Å². The van der Waals surface area contributed by atoms with Gasteiger partial charge in [0.1, 0.15) is 11.5 Å². The fourth-order valence-corrected chi connectivity index (χ4v) is 1.66. The minimum atomic E-state index is -0.0857. The van der Waals surface area contributed by atoms with E-state index in [0.29, 0.717) is 16.6 Å². The highest BCUT2D eigenvalue weighted by molar-refractivity contribution is 6.30. The van der Waals surface area contributed by atoms with Crippen molar-refractivity contribution < 1.29 is 4.79 Å². The molecule has 4 heteroatoms. The molecule has 82 valence electrons. The summed E-state index contributed by atoms with van der Waals surface area (Å²) in [5, 5.41) is 0.647. The topological polar surface area (TPSA) is 32.7 Å². The van der Waals surface area contributed by atoms with E-state index in [1.807, 2.05) is 12.1 Å². The number of rotatable bonds is 1. The van der Waals surface area contributed by atoms with Gasteiger partial charge in [0.05, 0.1) is 0 Å². The Labute approximate surface area is 99.0 Å². The van der Waals surface area contributed by atoms with Crippen LogP contribution in [0, 0.1) is 0 Å². The summed E-state index contributed by atoms with van der Waals surface area (Å²) >= 11 is 5.86. The van der Waals surface area contributed by atoms with Gasteiger partial charge in [-0.25, -0.2) is 4.99 Å². The smallest absolute Gasteiger partial charge is 0.277 e. The van der Waals surface area contributed by atoms with E-state index in [-0.39, 0.29) is 5.91 Å². The van der Waals surface area contributed by atoms with Gasteiger partial charge in [0.25, 0.3) is 5.91 Å². The normalized spacial score (nSPS) is 18.2. The average Bonchev–Trinajstić information content (AvgIpc) is 2.47. The molecule has 1 heterocycles. The van der Waals surface area contributed by atoms with Crippen molar-refractivity contribution in [2.24, 2.45) is 4.99 Å². The number of aliphatic imine (C=N–C) groups is 1. The largest absolute Gasteiger partial charge is 0.298 e. The fraction of sp³-hybridized carbons (Fsp3) is 0.167. The quantitative estimate of drug-likeness (QED) is 0.688. The molecule has 0 saturated carbocycles.